The monoisotopic (exact) mass is 750 g/mol. The summed E-state index contributed by atoms with van der Waals surface area (Å²) in [6, 6.07) is 18.8. The van der Waals surface area contributed by atoms with E-state index in [2.05, 4.69) is 10.6 Å². The molecule has 0 spiro atoms. The molecule has 0 bridgehead atoms. The summed E-state index contributed by atoms with van der Waals surface area (Å²) in [7, 11) is 0. The van der Waals surface area contributed by atoms with E-state index in [4.69, 9.17) is 10.5 Å². The van der Waals surface area contributed by atoms with Crippen molar-refractivity contribution in [3.63, 3.8) is 0 Å². The number of rotatable bonds is 15. The van der Waals surface area contributed by atoms with Crippen molar-refractivity contribution in [2.45, 2.75) is 83.4 Å². The van der Waals surface area contributed by atoms with Gasteiger partial charge in [0.1, 0.15) is 12.6 Å². The first-order valence-electron chi connectivity index (χ1n) is 17.7. The lowest BCUT2D eigenvalue weighted by atomic mass is 9.83. The molecule has 0 saturated carbocycles. The van der Waals surface area contributed by atoms with Crippen LogP contribution in [-0.4, -0.2) is 76.5 Å². The highest BCUT2D eigenvalue weighted by Gasteiger charge is 2.57. The van der Waals surface area contributed by atoms with Gasteiger partial charge in [0.2, 0.25) is 5.91 Å². The number of carbonyl (C=O) groups is 6. The lowest BCUT2D eigenvalue weighted by molar-refractivity contribution is -0.175. The molecule has 1 heterocycles. The maximum Gasteiger partial charge on any atom is 0.452 e. The van der Waals surface area contributed by atoms with Gasteiger partial charge in [0, 0.05) is 24.1 Å². The van der Waals surface area contributed by atoms with Gasteiger partial charge in [-0.15, -0.1) is 0 Å². The third kappa shape index (κ3) is 9.59. The number of nitrogens with zero attached hydrogens (tertiary/aromatic N) is 1. The first kappa shape index (κ1) is 41.4. The van der Waals surface area contributed by atoms with Crippen LogP contribution in [0.1, 0.15) is 72.4 Å². The highest BCUT2D eigenvalue weighted by Crippen LogP contribution is 2.35. The van der Waals surface area contributed by atoms with Crippen LogP contribution in [0.3, 0.4) is 0 Å². The quantitative estimate of drug-likeness (QED) is 0.116. The van der Waals surface area contributed by atoms with Crippen LogP contribution in [0.5, 0.6) is 0 Å². The van der Waals surface area contributed by atoms with Gasteiger partial charge in [0.15, 0.2) is 11.3 Å². The van der Waals surface area contributed by atoms with Crippen LogP contribution in [0.25, 0.3) is 0 Å². The van der Waals surface area contributed by atoms with Gasteiger partial charge >= 0.3 is 12.1 Å². The largest absolute Gasteiger partial charge is 0.459 e. The topological polar surface area (TPSA) is 165 Å². The number of ketones is 2. The number of benzene rings is 3. The fraction of sp³-hybridized carbons (Fsp3) is 0.400. The molecule has 288 valence electrons. The number of hydrogen-bond donors (Lipinski definition) is 3. The summed E-state index contributed by atoms with van der Waals surface area (Å²) in [6.45, 7) is 5.84. The summed E-state index contributed by atoms with van der Waals surface area (Å²) in [5, 5.41) is 4.83. The highest BCUT2D eigenvalue weighted by molar-refractivity contribution is 6.20. The maximum absolute atomic E-state index is 14.4. The molecule has 4 atom stereocenters. The molecule has 0 aromatic heterocycles. The summed E-state index contributed by atoms with van der Waals surface area (Å²) in [6.07, 6.45) is -5.28. The molecule has 0 radical (unpaired) electrons. The molecular weight excluding hydrogens is 705 g/mol. The predicted molar refractivity (Wildman–Crippen MR) is 193 cm³/mol. The number of carbonyl (C=O) groups excluding carboxylic acids is 6. The van der Waals surface area contributed by atoms with Gasteiger partial charge in [-0.3, -0.25) is 24.0 Å². The normalized spacial score (nSPS) is 17.4. The van der Waals surface area contributed by atoms with Crippen LogP contribution in [-0.2, 0) is 36.9 Å². The number of halogens is 3. The molecule has 0 aliphatic carbocycles. The molecule has 1 aliphatic rings. The zero-order valence-electron chi connectivity index (χ0n) is 30.5. The number of amides is 3. The molecule has 3 amide bonds. The molecule has 1 aliphatic heterocycles. The molecule has 14 heteroatoms. The Morgan fingerprint density at radius 3 is 1.89 bits per heavy atom. The molecule has 11 nitrogen and oxygen atoms in total. The standard InChI is InChI=1S/C40H45F3N4O7/c1-24(2)31(44)36(51)47-21-11-20-39(47,38(53)46-32(25(3)4)34(49)40(41,42)43)33(48)28-16-18-29(19-17-28)35(50)45-30(22-26-12-7-5-8-13-26)37(52)54-23-27-14-9-6-10-15-27/h5-10,12-19,24-25,30-32H,11,20-23,44H2,1-4H3,(H,45,50)(H,46,53)/t30?,31-,32?,39+/m0/s1. The van der Waals surface area contributed by atoms with Crippen LogP contribution < -0.4 is 16.4 Å². The zero-order chi connectivity index (χ0) is 39.8. The lowest BCUT2D eigenvalue weighted by Gasteiger charge is -2.39. The Morgan fingerprint density at radius 1 is 0.796 bits per heavy atom. The van der Waals surface area contributed by atoms with Gasteiger partial charge in [-0.2, -0.15) is 13.2 Å². The van der Waals surface area contributed by atoms with Crippen molar-refractivity contribution in [1.29, 1.82) is 0 Å². The van der Waals surface area contributed by atoms with E-state index in [0.717, 1.165) is 16.0 Å². The van der Waals surface area contributed by atoms with Crippen LogP contribution in [0, 0.1) is 11.8 Å². The molecule has 1 saturated heterocycles. The number of alkyl halides is 3. The average Bonchev–Trinajstić information content (AvgIpc) is 3.61. The van der Waals surface area contributed by atoms with Crippen LogP contribution in [0.15, 0.2) is 84.9 Å². The second-order valence-electron chi connectivity index (χ2n) is 14.0. The van der Waals surface area contributed by atoms with Gasteiger partial charge in [-0.1, -0.05) is 100 Å². The Morgan fingerprint density at radius 2 is 1.35 bits per heavy atom. The molecule has 3 aromatic carbocycles. The number of Topliss-reactive ketones (excluding diaryl/α,β-unsaturated/α-hetero) is 2. The first-order valence-corrected chi connectivity index (χ1v) is 17.7. The third-order valence-corrected chi connectivity index (χ3v) is 9.42. The summed E-state index contributed by atoms with van der Waals surface area (Å²) in [5.41, 5.74) is 5.23. The number of nitrogens with one attached hydrogen (secondary N) is 2. The molecule has 4 N–H and O–H groups in total. The Balaban J connectivity index is 1.63. The number of esters is 1. The Hall–Kier alpha value is -5.37. The lowest BCUT2D eigenvalue weighted by Crippen LogP contribution is -2.67. The van der Waals surface area contributed by atoms with Crippen molar-refractivity contribution >= 4 is 35.3 Å². The van der Waals surface area contributed by atoms with Crippen LogP contribution >= 0.6 is 0 Å². The van der Waals surface area contributed by atoms with E-state index in [1.165, 1.54) is 38.1 Å². The molecule has 3 aromatic rings. The number of nitrogens with two attached hydrogens (primary N) is 1. The minimum absolute atomic E-state index is 0.0170. The van der Waals surface area contributed by atoms with Gasteiger partial charge in [-0.25, -0.2) is 4.79 Å². The first-order chi connectivity index (χ1) is 25.5. The number of likely N-dealkylation sites (tertiary alicyclic amines) is 1. The van der Waals surface area contributed by atoms with Gasteiger partial charge in [-0.05, 0) is 47.9 Å². The highest BCUT2D eigenvalue weighted by atomic mass is 19.4. The van der Waals surface area contributed by atoms with E-state index < -0.39 is 76.9 Å². The summed E-state index contributed by atoms with van der Waals surface area (Å²) >= 11 is 0. The van der Waals surface area contributed by atoms with E-state index in [-0.39, 0.29) is 43.5 Å². The SMILES string of the molecule is CC(C)C(NC(=O)[C@]1(C(=O)c2ccc(C(=O)NC(Cc3ccccc3)C(=O)OCc3ccccc3)cc2)CCCN1C(=O)[C@@H](N)C(C)C)C(=O)C(F)(F)F. The Bertz CT molecular complexity index is 1820. The van der Waals surface area contributed by atoms with Crippen LogP contribution in [0.4, 0.5) is 13.2 Å². The van der Waals surface area contributed by atoms with E-state index in [9.17, 15) is 41.9 Å². The van der Waals surface area contributed by atoms with E-state index in [0.29, 0.717) is 0 Å². The fourth-order valence-electron chi connectivity index (χ4n) is 6.26. The second-order valence-corrected chi connectivity index (χ2v) is 14.0. The van der Waals surface area contributed by atoms with E-state index >= 15 is 0 Å². The van der Waals surface area contributed by atoms with Crippen molar-refractivity contribution in [1.82, 2.24) is 15.5 Å². The van der Waals surface area contributed by atoms with E-state index in [1.807, 2.05) is 12.1 Å². The molecular formula is C40H45F3N4O7. The van der Waals surface area contributed by atoms with Crippen LogP contribution in [0.2, 0.25) is 0 Å². The van der Waals surface area contributed by atoms with Crippen molar-refractivity contribution in [2.75, 3.05) is 6.54 Å². The molecule has 4 rings (SSSR count). The summed E-state index contributed by atoms with van der Waals surface area (Å²) < 4.78 is 46.1. The average molecular weight is 751 g/mol. The number of ether oxygens (including phenoxy) is 1. The third-order valence-electron chi connectivity index (χ3n) is 9.42. The van der Waals surface area contributed by atoms with Gasteiger partial charge in [0.25, 0.3) is 17.6 Å². The smallest absolute Gasteiger partial charge is 0.452 e. The van der Waals surface area contributed by atoms with Crippen molar-refractivity contribution in [3.05, 3.63) is 107 Å². The Kier molecular flexibility index (Phi) is 13.5. The maximum atomic E-state index is 14.4. The molecule has 54 heavy (non-hydrogen) atoms. The minimum atomic E-state index is -5.28. The van der Waals surface area contributed by atoms with Gasteiger partial charge in [0.05, 0.1) is 12.1 Å². The van der Waals surface area contributed by atoms with Crippen molar-refractivity contribution in [2.24, 2.45) is 17.6 Å². The zero-order valence-corrected chi connectivity index (χ0v) is 30.5. The molecule has 1 fully saturated rings. The van der Waals surface area contributed by atoms with Crippen molar-refractivity contribution in [3.8, 4) is 0 Å². The number of hydrogen-bond acceptors (Lipinski definition) is 8. The van der Waals surface area contributed by atoms with E-state index in [1.54, 1.807) is 62.4 Å². The second kappa shape index (κ2) is 17.6. The predicted octanol–water partition coefficient (Wildman–Crippen LogP) is 4.57. The summed E-state index contributed by atoms with van der Waals surface area (Å²) in [5.74, 6) is -7.91. The summed E-state index contributed by atoms with van der Waals surface area (Å²) in [4.78, 5) is 82.2. The Labute approximate surface area is 311 Å². The minimum Gasteiger partial charge on any atom is -0.459 e. The fourth-order valence-corrected chi connectivity index (χ4v) is 6.26. The van der Waals surface area contributed by atoms with Crippen molar-refractivity contribution < 1.29 is 46.7 Å². The molecule has 2 unspecified atom stereocenters. The van der Waals surface area contributed by atoms with Gasteiger partial charge < -0.3 is 26.0 Å².